The number of anilines is 1. The van der Waals surface area contributed by atoms with Gasteiger partial charge in [0.15, 0.2) is 0 Å². The van der Waals surface area contributed by atoms with E-state index in [4.69, 9.17) is 5.11 Å². The third-order valence-electron chi connectivity index (χ3n) is 5.69. The van der Waals surface area contributed by atoms with Crippen molar-refractivity contribution in [3.05, 3.63) is 29.8 Å². The fourth-order valence-electron chi connectivity index (χ4n) is 4.08. The van der Waals surface area contributed by atoms with Gasteiger partial charge in [-0.15, -0.1) is 0 Å². The van der Waals surface area contributed by atoms with Crippen LogP contribution in [-0.2, 0) is 20.8 Å². The van der Waals surface area contributed by atoms with Crippen molar-refractivity contribution in [3.8, 4) is 0 Å². The molecule has 152 valence electrons. The van der Waals surface area contributed by atoms with Crippen LogP contribution in [-0.4, -0.2) is 49.1 Å². The number of benzene rings is 1. The molecule has 1 aromatic rings. The lowest BCUT2D eigenvalue weighted by Gasteiger charge is -2.34. The molecule has 1 unspecified atom stereocenters. The molecule has 2 amide bonds. The average molecular weight is 387 g/mol. The van der Waals surface area contributed by atoms with E-state index < -0.39 is 5.97 Å². The van der Waals surface area contributed by atoms with Gasteiger partial charge in [0, 0.05) is 25.2 Å². The maximum Gasteiger partial charge on any atom is 0.305 e. The SMILES string of the molecule is O=C(O)CCNC(=O)C1Cc2ccccc2N(C(=O)CCC2CCNCC2)C1. The molecule has 0 aliphatic carbocycles. The predicted molar refractivity (Wildman–Crippen MR) is 106 cm³/mol. The van der Waals surface area contributed by atoms with Crippen LogP contribution in [0.3, 0.4) is 0 Å². The first-order valence-electron chi connectivity index (χ1n) is 10.1. The van der Waals surface area contributed by atoms with E-state index in [2.05, 4.69) is 10.6 Å². The Hall–Kier alpha value is -2.41. The smallest absolute Gasteiger partial charge is 0.305 e. The van der Waals surface area contributed by atoms with Crippen LogP contribution in [0.5, 0.6) is 0 Å². The standard InChI is InChI=1S/C21H29N3O4/c25-19(6-5-15-7-10-22-11-8-15)24-14-17(21(28)23-12-9-20(26)27)13-16-3-1-2-4-18(16)24/h1-4,15,17,22H,5-14H2,(H,23,28)(H,26,27). The molecule has 1 saturated heterocycles. The summed E-state index contributed by atoms with van der Waals surface area (Å²) in [4.78, 5) is 37.9. The zero-order chi connectivity index (χ0) is 19.9. The van der Waals surface area contributed by atoms with Gasteiger partial charge in [0.1, 0.15) is 0 Å². The summed E-state index contributed by atoms with van der Waals surface area (Å²) in [6, 6.07) is 7.73. The molecular weight excluding hydrogens is 358 g/mol. The molecule has 0 spiro atoms. The maximum atomic E-state index is 13.0. The predicted octanol–water partition coefficient (Wildman–Crippen LogP) is 1.56. The lowest BCUT2D eigenvalue weighted by Crippen LogP contribution is -2.46. The summed E-state index contributed by atoms with van der Waals surface area (Å²) in [5, 5.41) is 14.8. The van der Waals surface area contributed by atoms with Crippen molar-refractivity contribution >= 4 is 23.5 Å². The normalized spacial score (nSPS) is 19.7. The lowest BCUT2D eigenvalue weighted by molar-refractivity contribution is -0.137. The van der Waals surface area contributed by atoms with Crippen molar-refractivity contribution in [2.75, 3.05) is 31.1 Å². The van der Waals surface area contributed by atoms with Crippen molar-refractivity contribution in [2.24, 2.45) is 11.8 Å². The molecule has 3 rings (SSSR count). The van der Waals surface area contributed by atoms with Crippen LogP contribution < -0.4 is 15.5 Å². The van der Waals surface area contributed by atoms with Gasteiger partial charge >= 0.3 is 5.97 Å². The van der Waals surface area contributed by atoms with Crippen LogP contribution in [0, 0.1) is 11.8 Å². The summed E-state index contributed by atoms with van der Waals surface area (Å²) in [6.07, 6.45) is 4.05. The summed E-state index contributed by atoms with van der Waals surface area (Å²) in [6.45, 7) is 2.49. The van der Waals surface area contributed by atoms with E-state index in [1.807, 2.05) is 24.3 Å². The molecular formula is C21H29N3O4. The Labute approximate surface area is 165 Å². The van der Waals surface area contributed by atoms with Gasteiger partial charge in [-0.2, -0.15) is 0 Å². The Kier molecular flexibility index (Phi) is 7.03. The highest BCUT2D eigenvalue weighted by molar-refractivity contribution is 5.96. The molecule has 2 aliphatic heterocycles. The van der Waals surface area contributed by atoms with Gasteiger partial charge in [-0.25, -0.2) is 0 Å². The number of carbonyl (C=O) groups excluding carboxylic acids is 2. The molecule has 1 atom stereocenters. The Bertz CT molecular complexity index is 715. The van der Waals surface area contributed by atoms with E-state index in [0.717, 1.165) is 43.6 Å². The van der Waals surface area contributed by atoms with Crippen LogP contribution in [0.15, 0.2) is 24.3 Å². The van der Waals surface area contributed by atoms with Gasteiger partial charge in [-0.05, 0) is 56.3 Å². The Morgan fingerprint density at radius 3 is 2.64 bits per heavy atom. The lowest BCUT2D eigenvalue weighted by atomic mass is 9.90. The summed E-state index contributed by atoms with van der Waals surface area (Å²) >= 11 is 0. The Morgan fingerprint density at radius 1 is 1.14 bits per heavy atom. The molecule has 3 N–H and O–H groups in total. The molecule has 0 radical (unpaired) electrons. The number of piperidine rings is 1. The average Bonchev–Trinajstić information content (AvgIpc) is 2.71. The van der Waals surface area contributed by atoms with Crippen molar-refractivity contribution in [1.82, 2.24) is 10.6 Å². The maximum absolute atomic E-state index is 13.0. The number of aliphatic carboxylic acids is 1. The minimum absolute atomic E-state index is 0.0639. The Balaban J connectivity index is 1.64. The number of para-hydroxylation sites is 1. The number of hydrogen-bond donors (Lipinski definition) is 3. The van der Waals surface area contributed by atoms with Crippen molar-refractivity contribution in [3.63, 3.8) is 0 Å². The minimum Gasteiger partial charge on any atom is -0.481 e. The van der Waals surface area contributed by atoms with Gasteiger partial charge in [0.05, 0.1) is 12.3 Å². The second kappa shape index (κ2) is 9.68. The van der Waals surface area contributed by atoms with Gasteiger partial charge in [-0.3, -0.25) is 14.4 Å². The van der Waals surface area contributed by atoms with Crippen LogP contribution >= 0.6 is 0 Å². The first-order valence-corrected chi connectivity index (χ1v) is 10.1. The fourth-order valence-corrected chi connectivity index (χ4v) is 4.08. The summed E-state index contributed by atoms with van der Waals surface area (Å²) < 4.78 is 0. The van der Waals surface area contributed by atoms with Crippen molar-refractivity contribution in [1.29, 1.82) is 0 Å². The highest BCUT2D eigenvalue weighted by Gasteiger charge is 2.32. The molecule has 0 bridgehead atoms. The van der Waals surface area contributed by atoms with Gasteiger partial charge in [-0.1, -0.05) is 18.2 Å². The number of carboxylic acid groups (broad SMARTS) is 1. The molecule has 1 fully saturated rings. The molecule has 1 aromatic carbocycles. The third-order valence-corrected chi connectivity index (χ3v) is 5.69. The second-order valence-corrected chi connectivity index (χ2v) is 7.70. The molecule has 0 saturated carbocycles. The Morgan fingerprint density at radius 2 is 1.89 bits per heavy atom. The molecule has 0 aromatic heterocycles. The monoisotopic (exact) mass is 387 g/mol. The topological polar surface area (TPSA) is 98.7 Å². The molecule has 2 heterocycles. The van der Waals surface area contributed by atoms with Crippen LogP contribution in [0.25, 0.3) is 0 Å². The first kappa shape index (κ1) is 20.3. The quantitative estimate of drug-likeness (QED) is 0.660. The van der Waals surface area contributed by atoms with Crippen molar-refractivity contribution < 1.29 is 19.5 Å². The molecule has 28 heavy (non-hydrogen) atoms. The number of hydrogen-bond acceptors (Lipinski definition) is 4. The van der Waals surface area contributed by atoms with Crippen molar-refractivity contribution in [2.45, 2.75) is 38.5 Å². The summed E-state index contributed by atoms with van der Waals surface area (Å²) in [5.74, 6) is -0.836. The summed E-state index contributed by atoms with van der Waals surface area (Å²) in [5.41, 5.74) is 1.88. The molecule has 7 heteroatoms. The number of fused-ring (bicyclic) bond motifs is 1. The highest BCUT2D eigenvalue weighted by Crippen LogP contribution is 2.31. The number of carbonyl (C=O) groups is 3. The zero-order valence-electron chi connectivity index (χ0n) is 16.2. The van der Waals surface area contributed by atoms with E-state index in [-0.39, 0.29) is 30.7 Å². The van der Waals surface area contributed by atoms with Gasteiger partial charge in [0.25, 0.3) is 0 Å². The van der Waals surface area contributed by atoms with Gasteiger partial charge in [0.2, 0.25) is 11.8 Å². The third kappa shape index (κ3) is 5.32. The highest BCUT2D eigenvalue weighted by atomic mass is 16.4. The van der Waals surface area contributed by atoms with Crippen LogP contribution in [0.2, 0.25) is 0 Å². The number of rotatable bonds is 7. The number of nitrogens with zero attached hydrogens (tertiary/aromatic N) is 1. The fraction of sp³-hybridized carbons (Fsp3) is 0.571. The van der Waals surface area contributed by atoms with E-state index in [9.17, 15) is 14.4 Å². The number of nitrogens with one attached hydrogen (secondary N) is 2. The van der Waals surface area contributed by atoms with Crippen LogP contribution in [0.1, 0.15) is 37.7 Å². The van der Waals surface area contributed by atoms with Crippen LogP contribution in [0.4, 0.5) is 5.69 Å². The van der Waals surface area contributed by atoms with E-state index in [1.54, 1.807) is 4.90 Å². The summed E-state index contributed by atoms with van der Waals surface area (Å²) in [7, 11) is 0. The van der Waals surface area contributed by atoms with Gasteiger partial charge < -0.3 is 20.6 Å². The zero-order valence-corrected chi connectivity index (χ0v) is 16.2. The van der Waals surface area contributed by atoms with E-state index in [1.165, 1.54) is 0 Å². The number of carboxylic acids is 1. The molecule has 7 nitrogen and oxygen atoms in total. The minimum atomic E-state index is -0.941. The first-order chi connectivity index (χ1) is 13.5. The molecule has 2 aliphatic rings. The van der Waals surface area contributed by atoms with E-state index in [0.29, 0.717) is 25.3 Å². The largest absolute Gasteiger partial charge is 0.481 e. The second-order valence-electron chi connectivity index (χ2n) is 7.70. The number of amides is 2. The van der Waals surface area contributed by atoms with E-state index >= 15 is 0 Å².